The third-order valence-electron chi connectivity index (χ3n) is 4.03. The molecule has 1 heterocycles. The van der Waals surface area contributed by atoms with Gasteiger partial charge < -0.3 is 10.2 Å². The third-order valence-corrected chi connectivity index (χ3v) is 7.33. The highest BCUT2D eigenvalue weighted by atomic mass is 35.5. The van der Waals surface area contributed by atoms with E-state index in [1.54, 1.807) is 24.3 Å². The summed E-state index contributed by atoms with van der Waals surface area (Å²) in [5.74, 6) is -1.00. The minimum atomic E-state index is -4.22. The molecule has 8 nitrogen and oxygen atoms in total. The molecule has 0 spiro atoms. The van der Waals surface area contributed by atoms with E-state index in [0.717, 1.165) is 0 Å². The van der Waals surface area contributed by atoms with Crippen LogP contribution in [0.25, 0.3) is 11.0 Å². The predicted octanol–water partition coefficient (Wildman–Crippen LogP) is 2.93. The average molecular weight is 457 g/mol. The minimum absolute atomic E-state index is 0.00998. The zero-order valence-corrected chi connectivity index (χ0v) is 17.4. The first-order valence-corrected chi connectivity index (χ1v) is 11.9. The predicted molar refractivity (Wildman–Crippen MR) is 109 cm³/mol. The van der Waals surface area contributed by atoms with Crippen molar-refractivity contribution < 1.29 is 26.0 Å². The summed E-state index contributed by atoms with van der Waals surface area (Å²) in [5, 5.41) is 0.359. The van der Waals surface area contributed by atoms with Crippen molar-refractivity contribution in [3.8, 4) is 0 Å². The van der Waals surface area contributed by atoms with Crippen LogP contribution in [0.3, 0.4) is 0 Å². The van der Waals surface area contributed by atoms with Gasteiger partial charge in [-0.2, -0.15) is 8.42 Å². The van der Waals surface area contributed by atoms with Gasteiger partial charge in [-0.3, -0.25) is 9.52 Å². The van der Waals surface area contributed by atoms with Gasteiger partial charge in [0.2, 0.25) is 11.0 Å². The van der Waals surface area contributed by atoms with Gasteiger partial charge in [-0.15, -0.1) is 0 Å². The number of benzene rings is 2. The lowest BCUT2D eigenvalue weighted by molar-refractivity contribution is -0.118. The lowest BCUT2D eigenvalue weighted by Gasteiger charge is -2.12. The Hall–Kier alpha value is -2.56. The molecule has 0 aliphatic rings. The summed E-state index contributed by atoms with van der Waals surface area (Å²) in [4.78, 5) is 10.6. The van der Waals surface area contributed by atoms with Gasteiger partial charge in [-0.25, -0.2) is 8.42 Å². The van der Waals surface area contributed by atoms with Crippen LogP contribution in [0.4, 0.5) is 5.69 Å². The van der Waals surface area contributed by atoms with Gasteiger partial charge in [0.15, 0.2) is 9.84 Å². The SMILES string of the molecule is NC(=O)CCCS(=O)(=O)c1ccc(Cl)cc1NS(=O)(=O)c1cc2ccccc2o1. The van der Waals surface area contributed by atoms with E-state index < -0.39 is 25.8 Å². The Kier molecular flexibility index (Phi) is 5.87. The van der Waals surface area contributed by atoms with E-state index >= 15 is 0 Å². The normalized spacial score (nSPS) is 12.2. The number of carbonyl (C=O) groups excluding carboxylic acids is 1. The number of hydrogen-bond donors (Lipinski definition) is 2. The number of para-hydroxylation sites is 1. The second-order valence-corrected chi connectivity index (χ2v) is 10.4. The first-order valence-electron chi connectivity index (χ1n) is 8.40. The zero-order chi connectivity index (χ0) is 21.2. The summed E-state index contributed by atoms with van der Waals surface area (Å²) in [6.45, 7) is 0. The Balaban J connectivity index is 1.96. The fourth-order valence-electron chi connectivity index (χ4n) is 2.68. The number of carbonyl (C=O) groups is 1. The molecule has 0 aliphatic carbocycles. The molecule has 2 aromatic carbocycles. The van der Waals surface area contributed by atoms with Crippen molar-refractivity contribution in [3.63, 3.8) is 0 Å². The number of primary amides is 1. The van der Waals surface area contributed by atoms with Crippen molar-refractivity contribution in [3.05, 3.63) is 53.6 Å². The Labute approximate surface area is 172 Å². The molecule has 0 saturated heterocycles. The van der Waals surface area contributed by atoms with E-state index in [9.17, 15) is 21.6 Å². The van der Waals surface area contributed by atoms with Crippen LogP contribution in [-0.4, -0.2) is 28.5 Å². The topological polar surface area (TPSA) is 137 Å². The zero-order valence-electron chi connectivity index (χ0n) is 15.0. The summed E-state index contributed by atoms with van der Waals surface area (Å²) in [5.41, 5.74) is 5.20. The van der Waals surface area contributed by atoms with Crippen LogP contribution in [0.1, 0.15) is 12.8 Å². The van der Waals surface area contributed by atoms with Gasteiger partial charge in [0.05, 0.1) is 16.3 Å². The average Bonchev–Trinajstić information content (AvgIpc) is 3.06. The molecule has 0 unspecified atom stereocenters. The number of anilines is 1. The molecule has 11 heteroatoms. The van der Waals surface area contributed by atoms with Crippen molar-refractivity contribution >= 4 is 54.0 Å². The van der Waals surface area contributed by atoms with Crippen LogP contribution in [0.15, 0.2) is 62.9 Å². The van der Waals surface area contributed by atoms with Crippen molar-refractivity contribution in [1.82, 2.24) is 0 Å². The Morgan fingerprint density at radius 1 is 1.07 bits per heavy atom. The quantitative estimate of drug-likeness (QED) is 0.534. The number of sulfonamides is 1. The smallest absolute Gasteiger partial charge is 0.295 e. The number of amides is 1. The summed E-state index contributed by atoms with van der Waals surface area (Å²) in [7, 11) is -8.13. The van der Waals surface area contributed by atoms with Crippen molar-refractivity contribution in [2.45, 2.75) is 22.8 Å². The Bertz CT molecular complexity index is 1250. The number of halogens is 1. The molecule has 3 N–H and O–H groups in total. The molecular formula is C18H17ClN2O6S2. The van der Waals surface area contributed by atoms with Gasteiger partial charge in [0, 0.05) is 22.9 Å². The second kappa shape index (κ2) is 8.05. The van der Waals surface area contributed by atoms with E-state index in [4.69, 9.17) is 21.8 Å². The molecule has 29 heavy (non-hydrogen) atoms. The summed E-state index contributed by atoms with van der Waals surface area (Å²) in [6.07, 6.45) is -0.0943. The molecule has 0 saturated carbocycles. The monoisotopic (exact) mass is 456 g/mol. The minimum Gasteiger partial charge on any atom is -0.443 e. The van der Waals surface area contributed by atoms with E-state index in [2.05, 4.69) is 4.72 Å². The summed E-state index contributed by atoms with van der Waals surface area (Å²) in [6, 6.07) is 11.8. The maximum Gasteiger partial charge on any atom is 0.295 e. The molecule has 3 aromatic rings. The highest BCUT2D eigenvalue weighted by Crippen LogP contribution is 2.30. The largest absolute Gasteiger partial charge is 0.443 e. The van der Waals surface area contributed by atoms with Crippen molar-refractivity contribution in [2.75, 3.05) is 10.5 Å². The van der Waals surface area contributed by atoms with E-state index in [-0.39, 0.29) is 39.3 Å². The Morgan fingerprint density at radius 3 is 2.48 bits per heavy atom. The molecule has 0 radical (unpaired) electrons. The first kappa shape index (κ1) is 21.2. The maximum atomic E-state index is 12.8. The van der Waals surface area contributed by atoms with Gasteiger partial charge in [-0.1, -0.05) is 29.8 Å². The van der Waals surface area contributed by atoms with Crippen molar-refractivity contribution in [2.24, 2.45) is 5.73 Å². The van der Waals surface area contributed by atoms with E-state index in [1.807, 2.05) is 0 Å². The molecule has 3 rings (SSSR count). The van der Waals surface area contributed by atoms with E-state index in [1.165, 1.54) is 24.3 Å². The highest BCUT2D eigenvalue weighted by Gasteiger charge is 2.25. The Morgan fingerprint density at radius 2 is 1.79 bits per heavy atom. The van der Waals surface area contributed by atoms with Gasteiger partial charge in [0.25, 0.3) is 10.0 Å². The van der Waals surface area contributed by atoms with Crippen LogP contribution < -0.4 is 10.5 Å². The van der Waals surface area contributed by atoms with Gasteiger partial charge in [-0.05, 0) is 30.7 Å². The van der Waals surface area contributed by atoms with Crippen LogP contribution >= 0.6 is 11.6 Å². The lowest BCUT2D eigenvalue weighted by atomic mass is 10.3. The van der Waals surface area contributed by atoms with Gasteiger partial charge in [0.1, 0.15) is 5.58 Å². The number of sulfone groups is 1. The fraction of sp³-hybridized carbons (Fsp3) is 0.167. The molecule has 0 bridgehead atoms. The van der Waals surface area contributed by atoms with Crippen LogP contribution in [0, 0.1) is 0 Å². The summed E-state index contributed by atoms with van der Waals surface area (Å²) < 4.78 is 58.4. The van der Waals surface area contributed by atoms with Crippen LogP contribution in [0.5, 0.6) is 0 Å². The highest BCUT2D eigenvalue weighted by molar-refractivity contribution is 7.93. The molecule has 1 aromatic heterocycles. The van der Waals surface area contributed by atoms with Crippen LogP contribution in [0.2, 0.25) is 5.02 Å². The lowest BCUT2D eigenvalue weighted by Crippen LogP contribution is -2.17. The van der Waals surface area contributed by atoms with Crippen molar-refractivity contribution in [1.29, 1.82) is 0 Å². The number of hydrogen-bond acceptors (Lipinski definition) is 6. The standard InChI is InChI=1S/C18H17ClN2O6S2/c19-13-7-8-16(28(23,24)9-3-6-17(20)22)14(11-13)21-29(25,26)18-10-12-4-1-2-5-15(12)27-18/h1-2,4-5,7-8,10-11,21H,3,6,9H2,(H2,20,22). The third kappa shape index (κ3) is 4.89. The molecule has 154 valence electrons. The number of nitrogens with two attached hydrogens (primary N) is 1. The van der Waals surface area contributed by atoms with Crippen LogP contribution in [-0.2, 0) is 24.7 Å². The first-order chi connectivity index (χ1) is 13.6. The molecule has 0 aliphatic heterocycles. The fourth-order valence-corrected chi connectivity index (χ4v) is 5.43. The number of fused-ring (bicyclic) bond motifs is 1. The summed E-state index contributed by atoms with van der Waals surface area (Å²) >= 11 is 5.94. The second-order valence-electron chi connectivity index (χ2n) is 6.24. The van der Waals surface area contributed by atoms with Gasteiger partial charge >= 0.3 is 0 Å². The maximum absolute atomic E-state index is 12.8. The number of nitrogens with one attached hydrogen (secondary N) is 1. The molecule has 0 atom stereocenters. The molecular weight excluding hydrogens is 440 g/mol. The number of rotatable bonds is 8. The number of furan rings is 1. The molecule has 1 amide bonds. The van der Waals surface area contributed by atoms with E-state index in [0.29, 0.717) is 11.0 Å². The molecule has 0 fully saturated rings.